The topological polar surface area (TPSA) is 26.5 Å². The van der Waals surface area contributed by atoms with E-state index in [4.69, 9.17) is 21.4 Å². The normalized spacial score (nSPS) is 17.1. The van der Waals surface area contributed by atoms with E-state index in [2.05, 4.69) is 36.7 Å². The lowest BCUT2D eigenvalue weighted by molar-refractivity contribution is 0.309. The van der Waals surface area contributed by atoms with Gasteiger partial charge in [0, 0.05) is 25.7 Å². The van der Waals surface area contributed by atoms with Crippen molar-refractivity contribution in [3.8, 4) is 17.0 Å². The molecule has 5 rings (SSSR count). The van der Waals surface area contributed by atoms with Gasteiger partial charge in [0.1, 0.15) is 17.0 Å². The van der Waals surface area contributed by atoms with Crippen LogP contribution in [0.15, 0.2) is 30.3 Å². The quantitative estimate of drug-likeness (QED) is 0.480. The summed E-state index contributed by atoms with van der Waals surface area (Å²) >= 11 is 6.71. The fourth-order valence-electron chi connectivity index (χ4n) is 5.06. The van der Waals surface area contributed by atoms with Crippen LogP contribution in [0, 0.1) is 6.92 Å². The van der Waals surface area contributed by atoms with Crippen molar-refractivity contribution in [3.63, 3.8) is 0 Å². The number of nitrogens with zero attached hydrogens (tertiary/aromatic N) is 3. The molecule has 29 heavy (non-hydrogen) atoms. The monoisotopic (exact) mass is 410 g/mol. The first-order valence-corrected chi connectivity index (χ1v) is 11.1. The third kappa shape index (κ3) is 2.88. The van der Waals surface area contributed by atoms with E-state index in [0.717, 1.165) is 45.6 Å². The lowest BCUT2D eigenvalue weighted by Gasteiger charge is -2.34. The molecule has 2 heterocycles. The molecule has 2 aromatic heterocycles. The number of fused-ring (bicyclic) bond motifs is 1. The largest absolute Gasteiger partial charge is 0.496 e. The summed E-state index contributed by atoms with van der Waals surface area (Å²) in [5.74, 6) is 0.791. The number of ether oxygens (including phenoxy) is 1. The molecule has 4 nitrogen and oxygen atoms in total. The van der Waals surface area contributed by atoms with Crippen LogP contribution < -0.4 is 9.22 Å². The molecule has 0 atom stereocenters. The molecule has 3 aromatic rings. The number of aromatic nitrogens is 2. The van der Waals surface area contributed by atoms with E-state index in [-0.39, 0.29) is 0 Å². The van der Waals surface area contributed by atoms with Crippen LogP contribution in [0.1, 0.15) is 43.9 Å². The maximum atomic E-state index is 6.71. The van der Waals surface area contributed by atoms with Crippen LogP contribution >= 0.6 is 11.6 Å². The van der Waals surface area contributed by atoms with Crippen molar-refractivity contribution in [2.45, 2.75) is 58.0 Å². The van der Waals surface area contributed by atoms with Crippen molar-refractivity contribution in [2.24, 2.45) is 0 Å². The molecule has 0 unspecified atom stereocenters. The molecule has 0 N–H and O–H groups in total. The predicted molar refractivity (Wildman–Crippen MR) is 120 cm³/mol. The van der Waals surface area contributed by atoms with Gasteiger partial charge in [0.15, 0.2) is 5.69 Å². The van der Waals surface area contributed by atoms with Crippen LogP contribution in [0.3, 0.4) is 0 Å². The lowest BCUT2D eigenvalue weighted by atomic mass is 10.1. The molecule has 2 saturated carbocycles. The summed E-state index contributed by atoms with van der Waals surface area (Å²) in [7, 11) is 4.15. The Morgan fingerprint density at radius 1 is 1.17 bits per heavy atom. The molecule has 152 valence electrons. The van der Waals surface area contributed by atoms with Gasteiger partial charge < -0.3 is 4.74 Å². The summed E-state index contributed by atoms with van der Waals surface area (Å²) in [4.78, 5) is 0. The van der Waals surface area contributed by atoms with Gasteiger partial charge in [-0.3, -0.25) is 4.48 Å². The standard InChI is InChI=1S/C24H29ClN3O/c1-5-19-24(28(3,16-9-10-16)17-11-12-17)21-8-6-7-20(27(21)26-19)23-18(25)13-15(2)14-22(23)29-4/h6-8,13-14,16-17H,5,9-12H2,1-4H3/q+1. The third-order valence-electron chi connectivity index (χ3n) is 6.80. The zero-order valence-corrected chi connectivity index (χ0v) is 18.5. The van der Waals surface area contributed by atoms with E-state index in [1.54, 1.807) is 7.11 Å². The van der Waals surface area contributed by atoms with Crippen molar-refractivity contribution in [3.05, 3.63) is 46.6 Å². The summed E-state index contributed by atoms with van der Waals surface area (Å²) < 4.78 is 8.86. The second-order valence-electron chi connectivity index (χ2n) is 8.79. The molecule has 2 fully saturated rings. The van der Waals surface area contributed by atoms with Crippen molar-refractivity contribution < 1.29 is 4.74 Å². The first kappa shape index (κ1) is 19.0. The molecular formula is C24H29ClN3O+. The molecule has 2 aliphatic rings. The van der Waals surface area contributed by atoms with Crippen LogP contribution in [0.2, 0.25) is 5.02 Å². The van der Waals surface area contributed by atoms with Gasteiger partial charge in [-0.2, -0.15) is 5.10 Å². The minimum absolute atomic E-state index is 0.700. The van der Waals surface area contributed by atoms with Crippen LogP contribution in [0.5, 0.6) is 5.75 Å². The second kappa shape index (κ2) is 6.75. The Labute approximate surface area is 177 Å². The molecule has 0 amide bonds. The number of halogens is 1. The van der Waals surface area contributed by atoms with Gasteiger partial charge in [0.05, 0.1) is 42.5 Å². The summed E-state index contributed by atoms with van der Waals surface area (Å²) in [6.07, 6.45) is 6.23. The van der Waals surface area contributed by atoms with E-state index >= 15 is 0 Å². The Morgan fingerprint density at radius 3 is 2.45 bits per heavy atom. The minimum atomic E-state index is 0.700. The number of methoxy groups -OCH3 is 1. The maximum Gasteiger partial charge on any atom is 0.182 e. The minimum Gasteiger partial charge on any atom is -0.496 e. The number of quaternary nitrogens is 1. The average Bonchev–Trinajstić information content (AvgIpc) is 3.60. The molecule has 0 saturated heterocycles. The lowest BCUT2D eigenvalue weighted by Crippen LogP contribution is -2.50. The SMILES string of the molecule is CCc1nn2c(-c3c(Cl)cc(C)cc3OC)cccc2c1[N+](C)(C1CC1)C1CC1. The summed E-state index contributed by atoms with van der Waals surface area (Å²) in [6.45, 7) is 4.25. The van der Waals surface area contributed by atoms with Crippen LogP contribution in [-0.4, -0.2) is 35.9 Å². The maximum absolute atomic E-state index is 6.71. The van der Waals surface area contributed by atoms with Gasteiger partial charge in [0.25, 0.3) is 0 Å². The zero-order chi connectivity index (χ0) is 20.3. The van der Waals surface area contributed by atoms with Crippen molar-refractivity contribution in [2.75, 3.05) is 14.2 Å². The van der Waals surface area contributed by atoms with Crippen LogP contribution in [-0.2, 0) is 6.42 Å². The fraction of sp³-hybridized carbons (Fsp3) is 0.458. The molecule has 0 radical (unpaired) electrons. The number of hydrogen-bond acceptors (Lipinski definition) is 2. The van der Waals surface area contributed by atoms with Crippen molar-refractivity contribution in [1.82, 2.24) is 14.1 Å². The van der Waals surface area contributed by atoms with Gasteiger partial charge >= 0.3 is 0 Å². The van der Waals surface area contributed by atoms with Gasteiger partial charge in [-0.25, -0.2) is 4.52 Å². The van der Waals surface area contributed by atoms with E-state index in [9.17, 15) is 0 Å². The first-order chi connectivity index (χ1) is 14.0. The average molecular weight is 411 g/mol. The molecule has 0 aliphatic heterocycles. The Balaban J connectivity index is 1.79. The Hall–Kier alpha value is -2.04. The summed E-state index contributed by atoms with van der Waals surface area (Å²) in [5, 5.41) is 5.82. The molecule has 5 heteroatoms. The van der Waals surface area contributed by atoms with Crippen molar-refractivity contribution in [1.29, 1.82) is 0 Å². The highest BCUT2D eigenvalue weighted by Gasteiger charge is 2.55. The highest BCUT2D eigenvalue weighted by Crippen LogP contribution is 2.50. The zero-order valence-electron chi connectivity index (χ0n) is 17.7. The molecular weight excluding hydrogens is 382 g/mol. The third-order valence-corrected chi connectivity index (χ3v) is 7.10. The van der Waals surface area contributed by atoms with Gasteiger partial charge in [-0.05, 0) is 43.2 Å². The van der Waals surface area contributed by atoms with Crippen LogP contribution in [0.25, 0.3) is 16.8 Å². The predicted octanol–water partition coefficient (Wildman–Crippen LogP) is 5.80. The first-order valence-electron chi connectivity index (χ1n) is 10.7. The Kier molecular flexibility index (Phi) is 4.41. The second-order valence-corrected chi connectivity index (χ2v) is 9.20. The molecule has 0 spiro atoms. The van der Waals surface area contributed by atoms with Gasteiger partial charge in [-0.1, -0.05) is 24.6 Å². The van der Waals surface area contributed by atoms with E-state index in [1.807, 2.05) is 19.1 Å². The Bertz CT molecular complexity index is 1080. The fourth-order valence-corrected chi connectivity index (χ4v) is 5.42. The summed E-state index contributed by atoms with van der Waals surface area (Å²) in [6, 6.07) is 12.0. The number of aryl methyl sites for hydroxylation is 2. The van der Waals surface area contributed by atoms with Crippen molar-refractivity contribution >= 4 is 22.8 Å². The smallest absolute Gasteiger partial charge is 0.182 e. The number of pyridine rings is 1. The number of benzene rings is 1. The highest BCUT2D eigenvalue weighted by molar-refractivity contribution is 6.33. The summed E-state index contributed by atoms with van der Waals surface area (Å²) in [5.41, 5.74) is 6.82. The molecule has 1 aromatic carbocycles. The van der Waals surface area contributed by atoms with Gasteiger partial charge in [-0.15, -0.1) is 0 Å². The molecule has 2 aliphatic carbocycles. The van der Waals surface area contributed by atoms with Gasteiger partial charge in [0.2, 0.25) is 0 Å². The number of rotatable bonds is 6. The Morgan fingerprint density at radius 2 is 1.86 bits per heavy atom. The molecule has 0 bridgehead atoms. The van der Waals surface area contributed by atoms with E-state index in [1.165, 1.54) is 42.6 Å². The van der Waals surface area contributed by atoms with Crippen LogP contribution in [0.4, 0.5) is 5.69 Å². The van der Waals surface area contributed by atoms with E-state index in [0.29, 0.717) is 5.02 Å². The highest BCUT2D eigenvalue weighted by atomic mass is 35.5. The van der Waals surface area contributed by atoms with E-state index < -0.39 is 0 Å². The number of hydrogen-bond donors (Lipinski definition) is 0.